The molecule has 0 aliphatic carbocycles. The summed E-state index contributed by atoms with van der Waals surface area (Å²) in [6, 6.07) is 16.3. The minimum atomic E-state index is -0.915. The third-order valence-corrected chi connectivity index (χ3v) is 5.64. The molecule has 4 rings (SSSR count). The van der Waals surface area contributed by atoms with Crippen molar-refractivity contribution >= 4 is 23.8 Å². The summed E-state index contributed by atoms with van der Waals surface area (Å²) in [6.07, 6.45) is 2.62. The van der Waals surface area contributed by atoms with Gasteiger partial charge in [-0.1, -0.05) is 36.4 Å². The Balaban J connectivity index is 0.000000227. The van der Waals surface area contributed by atoms with Crippen molar-refractivity contribution in [3.63, 3.8) is 0 Å². The second-order valence-corrected chi connectivity index (χ2v) is 7.72. The largest absolute Gasteiger partial charge is 0.480 e. The van der Waals surface area contributed by atoms with E-state index in [0.717, 1.165) is 12.8 Å². The Kier molecular flexibility index (Phi) is 9.73. The van der Waals surface area contributed by atoms with Crippen LogP contribution >= 0.6 is 0 Å². The van der Waals surface area contributed by atoms with Crippen molar-refractivity contribution in [1.82, 2.24) is 9.80 Å². The molecule has 0 spiro atoms. The predicted molar refractivity (Wildman–Crippen MR) is 116 cm³/mol. The summed E-state index contributed by atoms with van der Waals surface area (Å²) in [5.41, 5.74) is 1.10. The van der Waals surface area contributed by atoms with Crippen molar-refractivity contribution in [2.45, 2.75) is 37.8 Å². The normalized spacial score (nSPS) is 19.2. The molecule has 177 valence electrons. The first-order chi connectivity index (χ1) is 15.4. The number of likely N-dealkylation sites (tertiary alicyclic amines) is 2. The summed E-state index contributed by atoms with van der Waals surface area (Å²) in [4.78, 5) is 48.8. The molecule has 0 bridgehead atoms. The maximum Gasteiger partial charge on any atom is 0.326 e. The third-order valence-electron chi connectivity index (χ3n) is 5.64. The SMILES string of the molecule is O=C(O)[C@@H]1CCCN1C(=O)c1ccccc1.O=C(O)[C@@H]1CCCN1C(=O)c1ccccc1.[Rh]. The van der Waals surface area contributed by atoms with Gasteiger partial charge in [-0.25, -0.2) is 9.59 Å². The molecule has 33 heavy (non-hydrogen) atoms. The molecule has 2 N–H and O–H groups in total. The fraction of sp³-hybridized carbons (Fsp3) is 0.333. The maximum absolute atomic E-state index is 12.0. The van der Waals surface area contributed by atoms with Crippen LogP contribution in [0.3, 0.4) is 0 Å². The number of aliphatic carboxylic acids is 2. The Morgan fingerprint density at radius 2 is 0.970 bits per heavy atom. The van der Waals surface area contributed by atoms with E-state index in [1.165, 1.54) is 9.80 Å². The van der Waals surface area contributed by atoms with Gasteiger partial charge in [0.1, 0.15) is 12.1 Å². The van der Waals surface area contributed by atoms with Crippen LogP contribution in [0, 0.1) is 0 Å². The molecule has 2 saturated heterocycles. The van der Waals surface area contributed by atoms with Gasteiger partial charge in [0.2, 0.25) is 0 Å². The molecular weight excluding hydrogens is 515 g/mol. The molecule has 2 aromatic carbocycles. The van der Waals surface area contributed by atoms with Gasteiger partial charge in [0.05, 0.1) is 0 Å². The number of nitrogens with zero attached hydrogens (tertiary/aromatic N) is 2. The van der Waals surface area contributed by atoms with Crippen molar-refractivity contribution in [3.8, 4) is 0 Å². The summed E-state index contributed by atoms with van der Waals surface area (Å²) < 4.78 is 0. The first-order valence-electron chi connectivity index (χ1n) is 10.6. The number of carbonyl (C=O) groups is 4. The number of carbonyl (C=O) groups excluding carboxylic acids is 2. The molecule has 2 aromatic rings. The quantitative estimate of drug-likeness (QED) is 0.576. The fourth-order valence-corrected chi connectivity index (χ4v) is 4.03. The number of carboxylic acid groups (broad SMARTS) is 2. The van der Waals surface area contributed by atoms with Crippen LogP contribution in [0.2, 0.25) is 0 Å². The molecule has 0 aromatic heterocycles. The van der Waals surface area contributed by atoms with Crippen LogP contribution < -0.4 is 0 Å². The van der Waals surface area contributed by atoms with Gasteiger partial charge in [0, 0.05) is 43.7 Å². The third kappa shape index (κ3) is 6.48. The van der Waals surface area contributed by atoms with E-state index < -0.39 is 24.0 Å². The topological polar surface area (TPSA) is 115 Å². The number of hydrogen-bond acceptors (Lipinski definition) is 4. The zero-order valence-corrected chi connectivity index (χ0v) is 19.6. The van der Waals surface area contributed by atoms with Gasteiger partial charge in [-0.3, -0.25) is 9.59 Å². The molecule has 2 heterocycles. The first kappa shape index (κ1) is 26.2. The summed E-state index contributed by atoms with van der Waals surface area (Å²) >= 11 is 0. The minimum absolute atomic E-state index is 0. The second kappa shape index (κ2) is 12.3. The molecule has 0 unspecified atom stereocenters. The number of benzene rings is 2. The van der Waals surface area contributed by atoms with Gasteiger partial charge in [0.25, 0.3) is 11.8 Å². The Morgan fingerprint density at radius 3 is 1.27 bits per heavy atom. The minimum Gasteiger partial charge on any atom is -0.480 e. The van der Waals surface area contributed by atoms with E-state index in [1.54, 1.807) is 48.5 Å². The number of carboxylic acids is 2. The van der Waals surface area contributed by atoms with Crippen LogP contribution in [-0.4, -0.2) is 68.9 Å². The monoisotopic (exact) mass is 541 g/mol. The van der Waals surface area contributed by atoms with E-state index in [0.29, 0.717) is 37.1 Å². The zero-order valence-electron chi connectivity index (χ0n) is 17.9. The van der Waals surface area contributed by atoms with Crippen molar-refractivity contribution in [2.24, 2.45) is 0 Å². The van der Waals surface area contributed by atoms with Gasteiger partial charge in [-0.2, -0.15) is 0 Å². The average Bonchev–Trinajstić information content (AvgIpc) is 3.50. The van der Waals surface area contributed by atoms with Crippen LogP contribution in [0.4, 0.5) is 0 Å². The van der Waals surface area contributed by atoms with Crippen LogP contribution in [0.5, 0.6) is 0 Å². The second-order valence-electron chi connectivity index (χ2n) is 7.72. The molecule has 2 aliphatic rings. The van der Waals surface area contributed by atoms with Gasteiger partial charge >= 0.3 is 11.9 Å². The van der Waals surface area contributed by atoms with Crippen LogP contribution in [0.25, 0.3) is 0 Å². The molecule has 8 nitrogen and oxygen atoms in total. The van der Waals surface area contributed by atoms with E-state index >= 15 is 0 Å². The Labute approximate surface area is 204 Å². The van der Waals surface area contributed by atoms with E-state index in [4.69, 9.17) is 10.2 Å². The molecule has 2 amide bonds. The summed E-state index contributed by atoms with van der Waals surface area (Å²) in [5.74, 6) is -2.21. The van der Waals surface area contributed by atoms with Gasteiger partial charge in [0.15, 0.2) is 0 Å². The number of rotatable bonds is 4. The summed E-state index contributed by atoms with van der Waals surface area (Å²) in [7, 11) is 0. The van der Waals surface area contributed by atoms with Crippen molar-refractivity contribution in [3.05, 3.63) is 71.8 Å². The zero-order chi connectivity index (χ0) is 23.1. The Morgan fingerprint density at radius 1 is 0.636 bits per heavy atom. The van der Waals surface area contributed by atoms with Crippen LogP contribution in [-0.2, 0) is 29.1 Å². The maximum atomic E-state index is 12.0. The standard InChI is InChI=1S/2C12H13NO3.Rh/c2*14-11(9-5-2-1-3-6-9)13-8-4-7-10(13)12(15)16;/h2*1-3,5-6,10H,4,7-8H2,(H,15,16);/t2*10-;/m00./s1. The van der Waals surface area contributed by atoms with E-state index in [9.17, 15) is 19.2 Å². The van der Waals surface area contributed by atoms with Crippen molar-refractivity contribution < 1.29 is 48.9 Å². The smallest absolute Gasteiger partial charge is 0.326 e. The van der Waals surface area contributed by atoms with Crippen molar-refractivity contribution in [1.29, 1.82) is 0 Å². The molecule has 2 aliphatic heterocycles. The number of amides is 2. The fourth-order valence-electron chi connectivity index (χ4n) is 4.03. The Bertz CT molecular complexity index is 890. The predicted octanol–water partition coefficient (Wildman–Crippen LogP) is 2.75. The molecule has 2 fully saturated rings. The Hall–Kier alpha value is -3.06. The molecule has 0 saturated carbocycles. The number of hydrogen-bond donors (Lipinski definition) is 2. The molecule has 1 radical (unpaired) electrons. The van der Waals surface area contributed by atoms with Gasteiger partial charge in [-0.05, 0) is 49.9 Å². The van der Waals surface area contributed by atoms with Gasteiger partial charge in [-0.15, -0.1) is 0 Å². The van der Waals surface area contributed by atoms with Crippen molar-refractivity contribution in [2.75, 3.05) is 13.1 Å². The summed E-state index contributed by atoms with van der Waals surface area (Å²) in [5, 5.41) is 18.0. The average molecular weight is 541 g/mol. The van der Waals surface area contributed by atoms with Gasteiger partial charge < -0.3 is 20.0 Å². The molecule has 9 heteroatoms. The van der Waals surface area contributed by atoms with E-state index in [1.807, 2.05) is 12.1 Å². The van der Waals surface area contributed by atoms with E-state index in [2.05, 4.69) is 0 Å². The molecule has 2 atom stereocenters. The van der Waals surface area contributed by atoms with E-state index in [-0.39, 0.29) is 31.3 Å². The summed E-state index contributed by atoms with van der Waals surface area (Å²) in [6.45, 7) is 1.06. The van der Waals surface area contributed by atoms with Crippen LogP contribution in [0.15, 0.2) is 60.7 Å². The van der Waals surface area contributed by atoms with Crippen LogP contribution in [0.1, 0.15) is 46.4 Å². The first-order valence-corrected chi connectivity index (χ1v) is 10.6. The molecular formula is C24H26N2O6Rh.